The van der Waals surface area contributed by atoms with Crippen LogP contribution in [0.25, 0.3) is 0 Å². The summed E-state index contributed by atoms with van der Waals surface area (Å²) in [6.07, 6.45) is 4.93. The molecule has 2 aromatic rings. The molecule has 1 fully saturated rings. The van der Waals surface area contributed by atoms with Gasteiger partial charge in [-0.1, -0.05) is 48.5 Å². The molecule has 5 rings (SSSR count). The summed E-state index contributed by atoms with van der Waals surface area (Å²) in [5.74, 6) is -0.562. The van der Waals surface area contributed by atoms with Crippen LogP contribution in [0.4, 0.5) is 0 Å². The van der Waals surface area contributed by atoms with Crippen molar-refractivity contribution in [3.05, 3.63) is 94.5 Å². The molecular formula is C29H34N4O4S. The van der Waals surface area contributed by atoms with Crippen LogP contribution < -0.4 is 5.32 Å². The van der Waals surface area contributed by atoms with Crippen molar-refractivity contribution in [1.82, 2.24) is 20.2 Å². The third kappa shape index (κ3) is 4.59. The number of hydrazine groups is 1. The minimum atomic E-state index is -1.27. The maximum atomic E-state index is 13.9. The van der Waals surface area contributed by atoms with Crippen LogP contribution in [-0.4, -0.2) is 73.8 Å². The van der Waals surface area contributed by atoms with Gasteiger partial charge in [0.2, 0.25) is 5.91 Å². The van der Waals surface area contributed by atoms with Gasteiger partial charge in [0.1, 0.15) is 12.3 Å². The van der Waals surface area contributed by atoms with Gasteiger partial charge in [0.25, 0.3) is 5.91 Å². The second kappa shape index (κ2) is 10.8. The van der Waals surface area contributed by atoms with E-state index in [0.29, 0.717) is 5.75 Å². The van der Waals surface area contributed by atoms with Crippen LogP contribution >= 0.6 is 11.8 Å². The number of nitrogens with one attached hydrogen (secondary N) is 1. The van der Waals surface area contributed by atoms with Gasteiger partial charge in [-0.3, -0.25) is 14.6 Å². The molecule has 1 saturated heterocycles. The van der Waals surface area contributed by atoms with Crippen molar-refractivity contribution in [1.29, 1.82) is 0 Å². The Morgan fingerprint density at radius 2 is 1.68 bits per heavy atom. The third-order valence-electron chi connectivity index (χ3n) is 7.41. The monoisotopic (exact) mass is 534 g/mol. The molecular weight excluding hydrogens is 500 g/mol. The Labute approximate surface area is 227 Å². The number of carbonyl (C=O) groups is 2. The molecule has 200 valence electrons. The lowest BCUT2D eigenvalue weighted by atomic mass is 9.92. The molecule has 2 amide bonds. The smallest absolute Gasteiger partial charge is 0.277 e. The third-order valence-corrected chi connectivity index (χ3v) is 7.97. The number of rotatable bonds is 6. The molecule has 0 radical (unpaired) electrons. The summed E-state index contributed by atoms with van der Waals surface area (Å²) in [7, 11) is 0. The number of amides is 2. The van der Waals surface area contributed by atoms with Crippen LogP contribution in [0.2, 0.25) is 0 Å². The maximum Gasteiger partial charge on any atom is 0.277 e. The SMILES string of the molecule is CSCC(=O)NCC1N(C(C)C)C(=O)C2=C(O)C(O)C=CN2N1C1c2ccccc2CCc2ccccc21. The zero-order chi connectivity index (χ0) is 27.0. The molecule has 2 aromatic carbocycles. The molecule has 8 nitrogen and oxygen atoms in total. The number of aliphatic hydroxyl groups is 2. The average Bonchev–Trinajstić information content (AvgIpc) is 3.06. The summed E-state index contributed by atoms with van der Waals surface area (Å²) < 4.78 is 0. The predicted molar refractivity (Wildman–Crippen MR) is 148 cm³/mol. The number of carbonyl (C=O) groups excluding carboxylic acids is 2. The highest BCUT2D eigenvalue weighted by Crippen LogP contribution is 2.43. The van der Waals surface area contributed by atoms with Gasteiger partial charge in [-0.25, -0.2) is 0 Å². The van der Waals surface area contributed by atoms with E-state index >= 15 is 0 Å². The molecule has 1 aliphatic carbocycles. The van der Waals surface area contributed by atoms with Gasteiger partial charge in [-0.05, 0) is 61.3 Å². The molecule has 38 heavy (non-hydrogen) atoms. The molecule has 3 aliphatic rings. The standard InChI is InChI=1S/C29H34N4O4S/c1-18(2)32-25(16-30-24(35)17-38-3)33(31-15-14-23(34)28(36)27(31)29(32)37)26-21-10-6-4-8-19(21)12-13-20-9-5-7-11-22(20)26/h4-11,14-15,18,23,25-26,34,36H,12-13,16-17H2,1-3H3,(H,30,35). The molecule has 2 unspecified atom stereocenters. The Morgan fingerprint density at radius 1 is 1.08 bits per heavy atom. The summed E-state index contributed by atoms with van der Waals surface area (Å²) in [6, 6.07) is 16.1. The van der Waals surface area contributed by atoms with E-state index in [1.165, 1.54) is 29.0 Å². The zero-order valence-corrected chi connectivity index (χ0v) is 22.7. The fourth-order valence-corrected chi connectivity index (χ4v) is 6.11. The van der Waals surface area contributed by atoms with Gasteiger partial charge < -0.3 is 20.4 Å². The predicted octanol–water partition coefficient (Wildman–Crippen LogP) is 3.11. The first-order valence-electron chi connectivity index (χ1n) is 12.9. The van der Waals surface area contributed by atoms with Crippen molar-refractivity contribution in [3.63, 3.8) is 0 Å². The fourth-order valence-electron chi connectivity index (χ4n) is 5.75. The van der Waals surface area contributed by atoms with Gasteiger partial charge in [0.05, 0.1) is 18.3 Å². The zero-order valence-electron chi connectivity index (χ0n) is 21.9. The summed E-state index contributed by atoms with van der Waals surface area (Å²) >= 11 is 1.44. The van der Waals surface area contributed by atoms with E-state index in [1.807, 2.05) is 44.4 Å². The highest BCUT2D eigenvalue weighted by Gasteiger charge is 2.49. The van der Waals surface area contributed by atoms with Crippen LogP contribution in [0.1, 0.15) is 42.1 Å². The van der Waals surface area contributed by atoms with E-state index in [0.717, 1.165) is 24.0 Å². The van der Waals surface area contributed by atoms with Gasteiger partial charge in [0.15, 0.2) is 11.5 Å². The summed E-state index contributed by atoms with van der Waals surface area (Å²) in [4.78, 5) is 28.2. The number of thioether (sulfide) groups is 1. The van der Waals surface area contributed by atoms with E-state index in [-0.39, 0.29) is 36.0 Å². The Bertz CT molecular complexity index is 1250. The molecule has 0 bridgehead atoms. The molecule has 2 atom stereocenters. The summed E-state index contributed by atoms with van der Waals surface area (Å²) in [5, 5.41) is 28.2. The molecule has 3 N–H and O–H groups in total. The van der Waals surface area contributed by atoms with E-state index in [4.69, 9.17) is 0 Å². The molecule has 0 spiro atoms. The minimum absolute atomic E-state index is 0.0274. The molecule has 2 aliphatic heterocycles. The van der Waals surface area contributed by atoms with Crippen LogP contribution in [0.5, 0.6) is 0 Å². The summed E-state index contributed by atoms with van der Waals surface area (Å²) in [6.45, 7) is 4.04. The molecule has 0 saturated carbocycles. The van der Waals surface area contributed by atoms with Gasteiger partial charge in [0, 0.05) is 12.2 Å². The molecule has 2 heterocycles. The lowest BCUT2D eigenvalue weighted by molar-refractivity contribution is -0.171. The minimum Gasteiger partial charge on any atom is -0.507 e. The van der Waals surface area contributed by atoms with Gasteiger partial charge in [-0.15, -0.1) is 0 Å². The second-order valence-corrected chi connectivity index (χ2v) is 10.9. The average molecular weight is 535 g/mol. The highest BCUT2D eigenvalue weighted by molar-refractivity contribution is 7.99. The first-order valence-corrected chi connectivity index (χ1v) is 14.3. The van der Waals surface area contributed by atoms with Crippen molar-refractivity contribution in [2.24, 2.45) is 0 Å². The van der Waals surface area contributed by atoms with E-state index in [1.54, 1.807) is 16.1 Å². The Kier molecular flexibility index (Phi) is 7.52. The van der Waals surface area contributed by atoms with Crippen molar-refractivity contribution in [2.45, 2.75) is 51.0 Å². The van der Waals surface area contributed by atoms with Crippen LogP contribution in [-0.2, 0) is 22.4 Å². The van der Waals surface area contributed by atoms with E-state index < -0.39 is 18.2 Å². The number of hydrogen-bond acceptors (Lipinski definition) is 7. The molecule has 0 aromatic heterocycles. The topological polar surface area (TPSA) is 96.3 Å². The van der Waals surface area contributed by atoms with Gasteiger partial charge >= 0.3 is 0 Å². The fraction of sp³-hybridized carbons (Fsp3) is 0.379. The van der Waals surface area contributed by atoms with Crippen molar-refractivity contribution in [3.8, 4) is 0 Å². The largest absolute Gasteiger partial charge is 0.507 e. The normalized spacial score (nSPS) is 21.8. The lowest BCUT2D eigenvalue weighted by Crippen LogP contribution is -2.68. The Balaban J connectivity index is 1.73. The van der Waals surface area contributed by atoms with Crippen molar-refractivity contribution in [2.75, 3.05) is 18.6 Å². The van der Waals surface area contributed by atoms with Crippen LogP contribution in [0.15, 0.2) is 72.3 Å². The Hall–Kier alpha value is -3.27. The Morgan fingerprint density at radius 3 is 2.26 bits per heavy atom. The molecule has 9 heteroatoms. The van der Waals surface area contributed by atoms with Crippen molar-refractivity contribution >= 4 is 23.6 Å². The second-order valence-electron chi connectivity index (χ2n) is 10.1. The number of nitrogens with zero attached hydrogens (tertiary/aromatic N) is 3. The van der Waals surface area contributed by atoms with E-state index in [9.17, 15) is 19.8 Å². The summed E-state index contributed by atoms with van der Waals surface area (Å²) in [5.41, 5.74) is 4.66. The number of hydrogen-bond donors (Lipinski definition) is 3. The number of aryl methyl sites for hydroxylation is 2. The van der Waals surface area contributed by atoms with E-state index in [2.05, 4.69) is 34.6 Å². The van der Waals surface area contributed by atoms with Crippen molar-refractivity contribution < 1.29 is 19.8 Å². The maximum absolute atomic E-state index is 13.9. The van der Waals surface area contributed by atoms with Gasteiger partial charge in [-0.2, -0.15) is 16.8 Å². The number of aliphatic hydroxyl groups excluding tert-OH is 2. The lowest BCUT2D eigenvalue weighted by Gasteiger charge is -2.55. The number of benzene rings is 2. The first kappa shape index (κ1) is 26.3. The quantitative estimate of drug-likeness (QED) is 0.524. The highest BCUT2D eigenvalue weighted by atomic mass is 32.2. The van der Waals surface area contributed by atoms with Crippen LogP contribution in [0, 0.1) is 0 Å². The van der Waals surface area contributed by atoms with Crippen LogP contribution in [0.3, 0.4) is 0 Å². The number of fused-ring (bicyclic) bond motifs is 3. The first-order chi connectivity index (χ1) is 18.3.